The van der Waals surface area contributed by atoms with Gasteiger partial charge in [-0.3, -0.25) is 0 Å². The Kier molecular flexibility index (Phi) is 19.8. The van der Waals surface area contributed by atoms with Gasteiger partial charge in [-0.1, -0.05) is 0 Å². The third-order valence-electron chi connectivity index (χ3n) is 0.293. The first-order valence-corrected chi connectivity index (χ1v) is 1.56. The van der Waals surface area contributed by atoms with Crippen LogP contribution in [-0.2, 0) is 25.2 Å². The Morgan fingerprint density at radius 3 is 2.12 bits per heavy atom. The molecule has 0 aliphatic carbocycles. The molecule has 4 nitrogen and oxygen atoms in total. The molecule has 0 aromatic rings. The molecule has 3 N–H and O–H groups in total. The van der Waals surface area contributed by atoms with Crippen molar-refractivity contribution < 1.29 is 35.8 Å². The van der Waals surface area contributed by atoms with Gasteiger partial charge >= 0.3 is 0 Å². The van der Waals surface area contributed by atoms with Crippen molar-refractivity contribution in [3.05, 3.63) is 5.32 Å². The molecule has 5 heteroatoms. The molecule has 0 aromatic heterocycles. The molecule has 0 aliphatic rings. The van der Waals surface area contributed by atoms with Crippen LogP contribution in [0.2, 0.25) is 0 Å². The van der Waals surface area contributed by atoms with Crippen molar-refractivity contribution in [2.45, 2.75) is 6.92 Å². The number of carbonyl (C=O) groups is 1. The summed E-state index contributed by atoms with van der Waals surface area (Å²) in [4.78, 5) is 9.72. The van der Waals surface area contributed by atoms with E-state index in [1.165, 1.54) is 6.92 Å². The largest absolute Gasteiger partial charge is 0.632 e. The van der Waals surface area contributed by atoms with Crippen LogP contribution < -0.4 is 0 Å². The van der Waals surface area contributed by atoms with Gasteiger partial charge in [-0.15, -0.1) is 0 Å². The Bertz CT molecular complexity index is 58.5. The monoisotopic (exact) mass is 293 g/mol. The summed E-state index contributed by atoms with van der Waals surface area (Å²) in [6, 6.07) is 0. The Hall–Kier alpha value is 0.0523. The van der Waals surface area contributed by atoms with Crippen LogP contribution in [-0.4, -0.2) is 23.2 Å². The van der Waals surface area contributed by atoms with Gasteiger partial charge in [-0.2, -0.15) is 0 Å². The second-order valence-corrected chi connectivity index (χ2v) is 0.819. The summed E-state index contributed by atoms with van der Waals surface area (Å²) < 4.78 is 0. The fraction of sp³-hybridized carbons (Fsp3) is 0.667. The second-order valence-electron chi connectivity index (χ2n) is 0.819. The second kappa shape index (κ2) is 10.1. The van der Waals surface area contributed by atoms with E-state index in [1.807, 2.05) is 0 Å². The number of hydrogen-bond donors (Lipinski definition) is 1. The van der Waals surface area contributed by atoms with E-state index < -0.39 is 6.73 Å². The summed E-state index contributed by atoms with van der Waals surface area (Å²) in [6.07, 6.45) is 0. The number of carbonyl (C=O) groups excluding carboxylic acids is 1. The maximum Gasteiger partial charge on any atom is 0.0495 e. The standard InChI is InChI=1S/C3H7NO2.H2O.Re/c1-3(6)4-2-5;;/h5H,2H2,1H3,(H,4,6);1H2;/p-1. The van der Waals surface area contributed by atoms with Crippen LogP contribution in [0.4, 0.5) is 0 Å². The van der Waals surface area contributed by atoms with Gasteiger partial charge in [0.05, 0.1) is 0 Å². The Balaban J connectivity index is -0.000000125. The minimum Gasteiger partial charge on any atom is -0.632 e. The molecule has 0 rings (SSSR count). The maximum atomic E-state index is 9.72. The normalized spacial score (nSPS) is 5.75. The summed E-state index contributed by atoms with van der Waals surface area (Å²) in [7, 11) is 0. The van der Waals surface area contributed by atoms with Crippen molar-refractivity contribution in [2.24, 2.45) is 0 Å². The topological polar surface area (TPSA) is 82.9 Å². The molecule has 1 amide bonds. The van der Waals surface area contributed by atoms with Crippen LogP contribution in [0.15, 0.2) is 0 Å². The first-order chi connectivity index (χ1) is 2.77. The maximum absolute atomic E-state index is 9.72. The zero-order valence-electron chi connectivity index (χ0n) is 4.39. The van der Waals surface area contributed by atoms with E-state index in [0.717, 1.165) is 0 Å². The zero-order chi connectivity index (χ0) is 4.99. The van der Waals surface area contributed by atoms with E-state index in [9.17, 15) is 4.79 Å². The summed E-state index contributed by atoms with van der Waals surface area (Å²) in [5, 5.41) is 10.9. The van der Waals surface area contributed by atoms with E-state index in [4.69, 9.17) is 5.11 Å². The third-order valence-corrected chi connectivity index (χ3v) is 0.293. The van der Waals surface area contributed by atoms with E-state index in [-0.39, 0.29) is 31.8 Å². The molecule has 0 bridgehead atoms. The summed E-state index contributed by atoms with van der Waals surface area (Å²) in [6.45, 7) is 0.894. The average molecular weight is 292 g/mol. The van der Waals surface area contributed by atoms with Gasteiger partial charge in [-0.25, -0.2) is 0 Å². The number of amides is 1. The number of aliphatic hydroxyl groups excluding tert-OH is 1. The minimum atomic E-state index is -0.394. The molecule has 0 unspecified atom stereocenters. The third kappa shape index (κ3) is 16.6. The fourth-order valence-corrected chi connectivity index (χ4v) is 0.0996. The predicted octanol–water partition coefficient (Wildman–Crippen LogP) is -0.971. The number of hydrogen-bond acceptors (Lipinski definition) is 2. The number of nitrogens with zero attached hydrogens (tertiary/aromatic N) is 1. The minimum absolute atomic E-state index is 0. The van der Waals surface area contributed by atoms with Crippen molar-refractivity contribution >= 4 is 5.91 Å². The van der Waals surface area contributed by atoms with Crippen LogP contribution >= 0.6 is 0 Å². The molecule has 0 saturated carbocycles. The van der Waals surface area contributed by atoms with Crippen molar-refractivity contribution in [3.8, 4) is 0 Å². The molecule has 0 aliphatic heterocycles. The quantitative estimate of drug-likeness (QED) is 0.674. The van der Waals surface area contributed by atoms with Crippen molar-refractivity contribution in [2.75, 3.05) is 6.73 Å². The molecule has 0 heterocycles. The molecule has 0 spiro atoms. The number of aliphatic hydroxyl groups is 1. The van der Waals surface area contributed by atoms with Crippen LogP contribution in [0.25, 0.3) is 5.32 Å². The van der Waals surface area contributed by atoms with Crippen molar-refractivity contribution in [1.82, 2.24) is 0 Å². The average Bonchev–Trinajstić information content (AvgIpc) is 1.35. The predicted molar refractivity (Wildman–Crippen MR) is 24.7 cm³/mol. The molecule has 8 heavy (non-hydrogen) atoms. The zero-order valence-corrected chi connectivity index (χ0v) is 7.10. The molecule has 0 atom stereocenters. The Morgan fingerprint density at radius 1 is 1.75 bits per heavy atom. The van der Waals surface area contributed by atoms with Crippen LogP contribution in [0.1, 0.15) is 6.92 Å². The molecule has 51 valence electrons. The first-order valence-electron chi connectivity index (χ1n) is 1.56. The van der Waals surface area contributed by atoms with Gasteiger partial charge in [0.1, 0.15) is 0 Å². The molecule has 1 radical (unpaired) electrons. The van der Waals surface area contributed by atoms with Crippen LogP contribution in [0.5, 0.6) is 0 Å². The van der Waals surface area contributed by atoms with E-state index in [1.54, 1.807) is 0 Å². The van der Waals surface area contributed by atoms with E-state index >= 15 is 0 Å². The van der Waals surface area contributed by atoms with Gasteiger partial charge in [0, 0.05) is 26.3 Å². The van der Waals surface area contributed by atoms with Crippen molar-refractivity contribution in [3.63, 3.8) is 0 Å². The number of rotatable bonds is 1. The van der Waals surface area contributed by atoms with E-state index in [2.05, 4.69) is 5.32 Å². The Morgan fingerprint density at radius 2 is 2.12 bits per heavy atom. The van der Waals surface area contributed by atoms with Gasteiger partial charge in [0.15, 0.2) is 0 Å². The van der Waals surface area contributed by atoms with Crippen LogP contribution in [0.3, 0.4) is 0 Å². The van der Waals surface area contributed by atoms with Gasteiger partial charge in [0.2, 0.25) is 0 Å². The fourth-order valence-electron chi connectivity index (χ4n) is 0.0996. The SMILES string of the molecule is CC(=O)[N-]CO.O.[Re]. The molecule has 0 aromatic carbocycles. The summed E-state index contributed by atoms with van der Waals surface area (Å²) in [5.74, 6) is -0.336. The smallest absolute Gasteiger partial charge is 0.0495 e. The van der Waals surface area contributed by atoms with Crippen molar-refractivity contribution in [1.29, 1.82) is 0 Å². The van der Waals surface area contributed by atoms with Gasteiger partial charge in [0.25, 0.3) is 0 Å². The molecule has 0 fully saturated rings. The Labute approximate surface area is 61.2 Å². The molecule has 0 saturated heterocycles. The van der Waals surface area contributed by atoms with E-state index in [0.29, 0.717) is 0 Å². The van der Waals surface area contributed by atoms with Gasteiger partial charge < -0.3 is 20.7 Å². The molecular formula is C3H8NO3Re-. The molecular weight excluding hydrogens is 284 g/mol. The van der Waals surface area contributed by atoms with Crippen LogP contribution in [0, 0.1) is 0 Å². The summed E-state index contributed by atoms with van der Waals surface area (Å²) in [5.41, 5.74) is 0. The summed E-state index contributed by atoms with van der Waals surface area (Å²) >= 11 is 0. The van der Waals surface area contributed by atoms with Gasteiger partial charge in [-0.05, 0) is 13.7 Å². The first kappa shape index (κ1) is 15.7.